The summed E-state index contributed by atoms with van der Waals surface area (Å²) in [4.78, 5) is 6.52. The molecule has 18 heavy (non-hydrogen) atoms. The van der Waals surface area contributed by atoms with Gasteiger partial charge in [0.1, 0.15) is 5.76 Å². The van der Waals surface area contributed by atoms with E-state index in [9.17, 15) is 0 Å². The number of aromatic nitrogens is 1. The van der Waals surface area contributed by atoms with Gasteiger partial charge in [0.05, 0.1) is 12.7 Å². The lowest BCUT2D eigenvalue weighted by Gasteiger charge is -2.15. The van der Waals surface area contributed by atoms with Crippen molar-refractivity contribution in [3.05, 3.63) is 17.8 Å². The van der Waals surface area contributed by atoms with Gasteiger partial charge in [0, 0.05) is 12.0 Å². The molecule has 0 radical (unpaired) electrons. The molecular weight excluding hydrogens is 228 g/mol. The number of unbranched alkanes of at least 4 members (excludes halogenated alkanes) is 2. The summed E-state index contributed by atoms with van der Waals surface area (Å²) in [5, 5.41) is 8.71. The second-order valence-electron chi connectivity index (χ2n) is 5.89. The molecule has 0 atom stereocenters. The number of hydrogen-bond acceptors (Lipinski definition) is 4. The Kier molecular flexibility index (Phi) is 5.82. The lowest BCUT2D eigenvalue weighted by molar-refractivity contribution is 0.256. The van der Waals surface area contributed by atoms with E-state index in [1.165, 1.54) is 0 Å². The van der Waals surface area contributed by atoms with E-state index in [1.807, 2.05) is 6.20 Å². The molecule has 0 aromatic carbocycles. The van der Waals surface area contributed by atoms with Crippen molar-refractivity contribution in [1.29, 1.82) is 0 Å². The summed E-state index contributed by atoms with van der Waals surface area (Å²) >= 11 is 0. The van der Waals surface area contributed by atoms with Crippen LogP contribution in [0, 0.1) is 0 Å². The summed E-state index contributed by atoms with van der Waals surface area (Å²) in [7, 11) is 2.07. The van der Waals surface area contributed by atoms with Crippen molar-refractivity contribution < 1.29 is 9.52 Å². The molecule has 0 bridgehead atoms. The van der Waals surface area contributed by atoms with Crippen molar-refractivity contribution in [1.82, 2.24) is 9.88 Å². The van der Waals surface area contributed by atoms with Crippen LogP contribution >= 0.6 is 0 Å². The second kappa shape index (κ2) is 6.90. The van der Waals surface area contributed by atoms with E-state index in [2.05, 4.69) is 37.7 Å². The van der Waals surface area contributed by atoms with Crippen LogP contribution in [0.25, 0.3) is 0 Å². The molecule has 1 aromatic rings. The Morgan fingerprint density at radius 1 is 1.28 bits per heavy atom. The molecule has 0 amide bonds. The lowest BCUT2D eigenvalue weighted by atomic mass is 9.94. The Balaban J connectivity index is 2.35. The highest BCUT2D eigenvalue weighted by Gasteiger charge is 2.19. The van der Waals surface area contributed by atoms with E-state index < -0.39 is 0 Å². The summed E-state index contributed by atoms with van der Waals surface area (Å²) in [5.74, 6) is 1.72. The number of nitrogens with zero attached hydrogens (tertiary/aromatic N) is 2. The Morgan fingerprint density at radius 3 is 2.56 bits per heavy atom. The first-order valence-corrected chi connectivity index (χ1v) is 6.68. The summed E-state index contributed by atoms with van der Waals surface area (Å²) < 4.78 is 5.75. The minimum Gasteiger partial charge on any atom is -0.444 e. The number of aliphatic hydroxyl groups excluding tert-OH is 1. The van der Waals surface area contributed by atoms with Crippen LogP contribution in [0.15, 0.2) is 10.6 Å². The summed E-state index contributed by atoms with van der Waals surface area (Å²) in [6, 6.07) is 0. The maximum absolute atomic E-state index is 8.71. The molecule has 0 aliphatic carbocycles. The zero-order valence-corrected chi connectivity index (χ0v) is 12.1. The summed E-state index contributed by atoms with van der Waals surface area (Å²) in [5.41, 5.74) is 0.0188. The maximum atomic E-state index is 8.71. The lowest BCUT2D eigenvalue weighted by Crippen LogP contribution is -2.19. The Hall–Kier alpha value is -0.870. The highest BCUT2D eigenvalue weighted by Crippen LogP contribution is 2.22. The molecule has 0 aliphatic heterocycles. The van der Waals surface area contributed by atoms with Gasteiger partial charge in [-0.15, -0.1) is 0 Å². The molecule has 1 rings (SSSR count). The van der Waals surface area contributed by atoms with Crippen LogP contribution in [-0.4, -0.2) is 35.2 Å². The SMILES string of the molecule is CN(CCCCCO)Cc1ncc(C(C)(C)C)o1. The summed E-state index contributed by atoms with van der Waals surface area (Å²) in [6.07, 6.45) is 4.89. The van der Waals surface area contributed by atoms with Crippen molar-refractivity contribution in [2.24, 2.45) is 0 Å². The topological polar surface area (TPSA) is 49.5 Å². The first-order valence-electron chi connectivity index (χ1n) is 6.68. The second-order valence-corrected chi connectivity index (χ2v) is 5.89. The molecule has 0 fully saturated rings. The molecule has 0 saturated heterocycles. The van der Waals surface area contributed by atoms with E-state index in [4.69, 9.17) is 9.52 Å². The molecule has 104 valence electrons. The largest absolute Gasteiger partial charge is 0.444 e. The Bertz CT molecular complexity index is 342. The highest BCUT2D eigenvalue weighted by molar-refractivity contribution is 5.05. The first kappa shape index (κ1) is 15.2. The van der Waals surface area contributed by atoms with Gasteiger partial charge in [-0.2, -0.15) is 0 Å². The molecule has 0 saturated carbocycles. The van der Waals surface area contributed by atoms with E-state index in [0.717, 1.165) is 44.0 Å². The third-order valence-electron chi connectivity index (χ3n) is 2.90. The predicted octanol–water partition coefficient (Wildman–Crippen LogP) is 2.57. The van der Waals surface area contributed by atoms with Crippen LogP contribution in [-0.2, 0) is 12.0 Å². The standard InChI is InChI=1S/C14H26N2O2/c1-14(2,3)12-10-15-13(18-12)11-16(4)8-6-5-7-9-17/h10,17H,5-9,11H2,1-4H3. The fraction of sp³-hybridized carbons (Fsp3) is 0.786. The smallest absolute Gasteiger partial charge is 0.208 e. The van der Waals surface area contributed by atoms with Gasteiger partial charge in [-0.1, -0.05) is 20.8 Å². The van der Waals surface area contributed by atoms with Crippen molar-refractivity contribution >= 4 is 0 Å². The molecule has 4 nitrogen and oxygen atoms in total. The van der Waals surface area contributed by atoms with Gasteiger partial charge in [-0.05, 0) is 32.9 Å². The molecule has 0 aliphatic rings. The van der Waals surface area contributed by atoms with Crippen LogP contribution in [0.2, 0.25) is 0 Å². The van der Waals surface area contributed by atoms with E-state index in [0.29, 0.717) is 6.61 Å². The van der Waals surface area contributed by atoms with E-state index >= 15 is 0 Å². The number of oxazole rings is 1. The third-order valence-corrected chi connectivity index (χ3v) is 2.90. The van der Waals surface area contributed by atoms with Crippen molar-refractivity contribution in [2.45, 2.75) is 52.0 Å². The number of hydrogen-bond donors (Lipinski definition) is 1. The van der Waals surface area contributed by atoms with Crippen LogP contribution in [0.1, 0.15) is 51.7 Å². The van der Waals surface area contributed by atoms with Gasteiger partial charge >= 0.3 is 0 Å². The highest BCUT2D eigenvalue weighted by atomic mass is 16.4. The van der Waals surface area contributed by atoms with Gasteiger partial charge in [-0.3, -0.25) is 4.90 Å². The van der Waals surface area contributed by atoms with Crippen LogP contribution in [0.5, 0.6) is 0 Å². The van der Waals surface area contributed by atoms with Crippen molar-refractivity contribution in [3.63, 3.8) is 0 Å². The zero-order chi connectivity index (χ0) is 13.6. The predicted molar refractivity (Wildman–Crippen MR) is 72.5 cm³/mol. The zero-order valence-electron chi connectivity index (χ0n) is 12.1. The van der Waals surface area contributed by atoms with Crippen LogP contribution in [0.4, 0.5) is 0 Å². The molecule has 1 N–H and O–H groups in total. The maximum Gasteiger partial charge on any atom is 0.208 e. The fourth-order valence-corrected chi connectivity index (χ4v) is 1.71. The minimum absolute atomic E-state index is 0.0188. The van der Waals surface area contributed by atoms with Gasteiger partial charge in [0.25, 0.3) is 0 Å². The van der Waals surface area contributed by atoms with E-state index in [-0.39, 0.29) is 5.41 Å². The normalized spacial score (nSPS) is 12.3. The van der Waals surface area contributed by atoms with Gasteiger partial charge in [0.2, 0.25) is 5.89 Å². The van der Waals surface area contributed by atoms with Crippen LogP contribution in [0.3, 0.4) is 0 Å². The first-order chi connectivity index (χ1) is 8.43. The average molecular weight is 254 g/mol. The van der Waals surface area contributed by atoms with Gasteiger partial charge < -0.3 is 9.52 Å². The molecule has 4 heteroatoms. The van der Waals surface area contributed by atoms with E-state index in [1.54, 1.807) is 0 Å². The van der Waals surface area contributed by atoms with Crippen molar-refractivity contribution in [3.8, 4) is 0 Å². The minimum atomic E-state index is 0.0188. The fourth-order valence-electron chi connectivity index (χ4n) is 1.71. The quantitative estimate of drug-likeness (QED) is 0.760. The van der Waals surface area contributed by atoms with Crippen molar-refractivity contribution in [2.75, 3.05) is 20.2 Å². The third kappa shape index (κ3) is 5.19. The molecule has 0 unspecified atom stereocenters. The Labute approximate surface area is 110 Å². The Morgan fingerprint density at radius 2 is 2.00 bits per heavy atom. The monoisotopic (exact) mass is 254 g/mol. The number of rotatable bonds is 7. The molecular formula is C14H26N2O2. The summed E-state index contributed by atoms with van der Waals surface area (Å²) in [6.45, 7) is 8.41. The van der Waals surface area contributed by atoms with Gasteiger partial charge in [-0.25, -0.2) is 4.98 Å². The molecule has 1 heterocycles. The molecule has 0 spiro atoms. The molecule has 1 aromatic heterocycles. The van der Waals surface area contributed by atoms with Crippen LogP contribution < -0.4 is 0 Å². The average Bonchev–Trinajstić information content (AvgIpc) is 2.72. The van der Waals surface area contributed by atoms with Gasteiger partial charge in [0.15, 0.2) is 0 Å². The number of aliphatic hydroxyl groups is 1.